The Hall–Kier alpha value is -4.44. The maximum atomic E-state index is 16.3. The number of carbonyl (C=O) groups excluding carboxylic acids is 1. The average molecular weight is 688 g/mol. The maximum Gasteiger partial charge on any atom is 0.335 e. The van der Waals surface area contributed by atoms with Gasteiger partial charge in [-0.25, -0.2) is 14.2 Å². The Morgan fingerprint density at radius 2 is 1.85 bits per heavy atom. The lowest BCUT2D eigenvalue weighted by molar-refractivity contribution is -0.127. The number of nitrogens with zero attached hydrogens (tertiary/aromatic N) is 3. The molecule has 11 heteroatoms. The van der Waals surface area contributed by atoms with Gasteiger partial charge >= 0.3 is 5.97 Å². The number of likely N-dealkylation sites (tertiary alicyclic amines) is 1. The van der Waals surface area contributed by atoms with Crippen LogP contribution in [-0.4, -0.2) is 49.6 Å². The van der Waals surface area contributed by atoms with E-state index in [0.29, 0.717) is 59.5 Å². The number of halogens is 3. The first-order chi connectivity index (χ1) is 23.1. The van der Waals surface area contributed by atoms with Crippen molar-refractivity contribution in [2.24, 2.45) is 0 Å². The summed E-state index contributed by atoms with van der Waals surface area (Å²) in [5, 5.41) is 13.2. The zero-order valence-corrected chi connectivity index (χ0v) is 27.8. The van der Waals surface area contributed by atoms with Crippen molar-refractivity contribution < 1.29 is 23.8 Å². The molecule has 2 N–H and O–H groups in total. The summed E-state index contributed by atoms with van der Waals surface area (Å²) in [5.74, 6) is -1.80. The number of carboxylic acids is 1. The summed E-state index contributed by atoms with van der Waals surface area (Å²) >= 11 is 12.7. The Morgan fingerprint density at radius 1 is 1.06 bits per heavy atom. The molecule has 8 nitrogen and oxygen atoms in total. The summed E-state index contributed by atoms with van der Waals surface area (Å²) in [6.07, 6.45) is 0.633. The summed E-state index contributed by atoms with van der Waals surface area (Å²) in [6.45, 7) is 5.23. The number of aryl methyl sites for hydroxylation is 1. The number of amides is 1. The molecule has 2 aliphatic rings. The second-order valence-corrected chi connectivity index (χ2v) is 13.3. The first-order valence-corrected chi connectivity index (χ1v) is 16.6. The van der Waals surface area contributed by atoms with Crippen LogP contribution >= 0.6 is 23.2 Å². The number of imidazole rings is 1. The first-order valence-electron chi connectivity index (χ1n) is 15.8. The van der Waals surface area contributed by atoms with Crippen LogP contribution in [0.4, 0.5) is 10.1 Å². The summed E-state index contributed by atoms with van der Waals surface area (Å²) in [7, 11) is 0. The maximum absolute atomic E-state index is 16.3. The van der Waals surface area contributed by atoms with Gasteiger partial charge in [0, 0.05) is 41.7 Å². The molecule has 1 amide bonds. The van der Waals surface area contributed by atoms with Crippen molar-refractivity contribution in [2.45, 2.75) is 56.8 Å². The SMILES string of the molecule is CCOc1cccc(CN2[C@H]3CCn4c(nc5cc(C(=O)O)ccc54)[C@H]3[C@H](c3cccc(Cl)c3F)[C@]2(C)C(=O)Nc2cccc(Cl)c2)c1. The molecular formula is C37H33Cl2FN4O4. The monoisotopic (exact) mass is 686 g/mol. The molecule has 1 fully saturated rings. The van der Waals surface area contributed by atoms with Gasteiger partial charge in [0.25, 0.3) is 0 Å². The number of nitrogens with one attached hydrogen (secondary N) is 1. The Labute approximate surface area is 287 Å². The Morgan fingerprint density at radius 3 is 2.62 bits per heavy atom. The molecular weight excluding hydrogens is 654 g/mol. The topological polar surface area (TPSA) is 96.7 Å². The molecule has 2 aliphatic heterocycles. The summed E-state index contributed by atoms with van der Waals surface area (Å²) < 4.78 is 24.2. The van der Waals surface area contributed by atoms with Gasteiger partial charge in [0.2, 0.25) is 5.91 Å². The Bertz CT molecular complexity index is 2070. The zero-order chi connectivity index (χ0) is 33.7. The first kappa shape index (κ1) is 32.1. The number of aromatic carboxylic acids is 1. The van der Waals surface area contributed by atoms with Crippen LogP contribution in [-0.2, 0) is 17.9 Å². The van der Waals surface area contributed by atoms with E-state index in [9.17, 15) is 14.7 Å². The van der Waals surface area contributed by atoms with E-state index in [4.69, 9.17) is 32.9 Å². The number of fused-ring (bicyclic) bond motifs is 5. The number of hydrogen-bond acceptors (Lipinski definition) is 5. The molecule has 0 aliphatic carbocycles. The van der Waals surface area contributed by atoms with Crippen molar-refractivity contribution in [3.63, 3.8) is 0 Å². The van der Waals surface area contributed by atoms with E-state index in [1.165, 1.54) is 6.07 Å². The lowest BCUT2D eigenvalue weighted by atomic mass is 9.73. The van der Waals surface area contributed by atoms with Crippen molar-refractivity contribution in [3.05, 3.63) is 123 Å². The van der Waals surface area contributed by atoms with Gasteiger partial charge in [-0.2, -0.15) is 0 Å². The molecule has 1 saturated heterocycles. The fourth-order valence-corrected chi connectivity index (χ4v) is 8.08. The van der Waals surface area contributed by atoms with Gasteiger partial charge in [0.05, 0.1) is 28.2 Å². The largest absolute Gasteiger partial charge is 0.494 e. The van der Waals surface area contributed by atoms with E-state index < -0.39 is 29.2 Å². The van der Waals surface area contributed by atoms with Gasteiger partial charge in [0.15, 0.2) is 0 Å². The zero-order valence-electron chi connectivity index (χ0n) is 26.3. The predicted molar refractivity (Wildman–Crippen MR) is 184 cm³/mol. The van der Waals surface area contributed by atoms with Crippen LogP contribution < -0.4 is 10.1 Å². The van der Waals surface area contributed by atoms with E-state index in [1.54, 1.807) is 54.6 Å². The highest BCUT2D eigenvalue weighted by Crippen LogP contribution is 2.58. The highest BCUT2D eigenvalue weighted by molar-refractivity contribution is 6.31. The van der Waals surface area contributed by atoms with Crippen LogP contribution in [0.2, 0.25) is 10.0 Å². The lowest BCUT2D eigenvalue weighted by Gasteiger charge is -2.40. The van der Waals surface area contributed by atoms with Gasteiger partial charge < -0.3 is 19.7 Å². The number of rotatable bonds is 8. The van der Waals surface area contributed by atoms with Gasteiger partial charge in [-0.05, 0) is 86.0 Å². The minimum atomic E-state index is -1.33. The van der Waals surface area contributed by atoms with Gasteiger partial charge in [0.1, 0.15) is 22.9 Å². The molecule has 0 spiro atoms. The number of anilines is 1. The smallest absolute Gasteiger partial charge is 0.335 e. The van der Waals surface area contributed by atoms with Crippen LogP contribution in [0.25, 0.3) is 11.0 Å². The highest BCUT2D eigenvalue weighted by atomic mass is 35.5. The van der Waals surface area contributed by atoms with E-state index in [2.05, 4.69) is 14.8 Å². The van der Waals surface area contributed by atoms with Gasteiger partial charge in [-0.1, -0.05) is 53.5 Å². The molecule has 0 radical (unpaired) electrons. The number of carboxylic acid groups (broad SMARTS) is 1. The molecule has 0 saturated carbocycles. The van der Waals surface area contributed by atoms with Crippen LogP contribution in [0.1, 0.15) is 59.4 Å². The minimum absolute atomic E-state index is 0.0417. The van der Waals surface area contributed by atoms with E-state index in [1.807, 2.05) is 38.1 Å². The van der Waals surface area contributed by atoms with Crippen LogP contribution in [0.15, 0.2) is 84.9 Å². The number of benzene rings is 4. The minimum Gasteiger partial charge on any atom is -0.494 e. The predicted octanol–water partition coefficient (Wildman–Crippen LogP) is 8.13. The Balaban J connectivity index is 1.45. The van der Waals surface area contributed by atoms with Gasteiger partial charge in [-0.15, -0.1) is 0 Å². The number of ether oxygens (including phenoxy) is 1. The molecule has 5 aromatic rings. The molecule has 3 heterocycles. The van der Waals surface area contributed by atoms with Crippen molar-refractivity contribution in [2.75, 3.05) is 11.9 Å². The fourth-order valence-electron chi connectivity index (χ4n) is 7.71. The average Bonchev–Trinajstić information content (AvgIpc) is 3.55. The molecule has 48 heavy (non-hydrogen) atoms. The fraction of sp³-hybridized carbons (Fsp3) is 0.270. The normalized spacial score (nSPS) is 21.9. The summed E-state index contributed by atoms with van der Waals surface area (Å²) in [4.78, 5) is 33.9. The van der Waals surface area contributed by atoms with Crippen LogP contribution in [0.3, 0.4) is 0 Å². The van der Waals surface area contributed by atoms with Crippen molar-refractivity contribution >= 4 is 51.8 Å². The molecule has 7 rings (SSSR count). The summed E-state index contributed by atoms with van der Waals surface area (Å²) in [6, 6.07) is 24.2. The number of hydrogen-bond donors (Lipinski definition) is 2. The lowest BCUT2D eigenvalue weighted by Crippen LogP contribution is -2.55. The van der Waals surface area contributed by atoms with Crippen molar-refractivity contribution in [1.82, 2.24) is 14.5 Å². The third kappa shape index (κ3) is 5.40. The molecule has 0 unspecified atom stereocenters. The van der Waals surface area contributed by atoms with Crippen molar-refractivity contribution in [3.8, 4) is 5.75 Å². The number of aromatic nitrogens is 2. The quantitative estimate of drug-likeness (QED) is 0.171. The van der Waals surface area contributed by atoms with E-state index in [-0.39, 0.29) is 22.5 Å². The second-order valence-electron chi connectivity index (χ2n) is 12.5. The number of carbonyl (C=O) groups is 2. The summed E-state index contributed by atoms with van der Waals surface area (Å²) in [5.41, 5.74) is 1.86. The van der Waals surface area contributed by atoms with Crippen LogP contribution in [0, 0.1) is 5.82 Å². The molecule has 4 aromatic carbocycles. The Kier molecular flexibility index (Phi) is 8.39. The third-order valence-corrected chi connectivity index (χ3v) is 10.3. The third-order valence-electron chi connectivity index (χ3n) is 9.77. The van der Waals surface area contributed by atoms with E-state index in [0.717, 1.165) is 11.1 Å². The van der Waals surface area contributed by atoms with Gasteiger partial charge in [-0.3, -0.25) is 9.69 Å². The molecule has 246 valence electrons. The van der Waals surface area contributed by atoms with Crippen LogP contribution in [0.5, 0.6) is 5.75 Å². The molecule has 4 atom stereocenters. The van der Waals surface area contributed by atoms with E-state index >= 15 is 4.39 Å². The second kappa shape index (κ2) is 12.5. The molecule has 1 aromatic heterocycles. The standard InChI is InChI=1S/C37H33Cl2FN4O4/c1-3-48-25-10-4-7-21(17-25)20-44-30-15-16-43-29-14-13-22(35(45)46)18-28(29)42-34(43)31(30)32(26-11-6-12-27(39)33(26)40)37(44,2)36(47)41-24-9-5-8-23(38)19-24/h4-14,17-19,30-32H,3,15-16,20H2,1-2H3,(H,41,47)(H,45,46)/t30-,31+,32-,37+/m0/s1. The molecule has 0 bridgehead atoms. The highest BCUT2D eigenvalue weighted by Gasteiger charge is 2.63. The van der Waals surface area contributed by atoms with Crippen molar-refractivity contribution in [1.29, 1.82) is 0 Å².